The van der Waals surface area contributed by atoms with Crippen molar-refractivity contribution < 1.29 is 39.1 Å². The SMILES string of the molecule is [C-]#N.[CH2-]OC(C)(C)C.[Cl][Zn+].[Cu+]. The molecule has 11 heavy (non-hydrogen) atoms. The van der Waals surface area contributed by atoms with Crippen molar-refractivity contribution in [3.05, 3.63) is 13.7 Å². The summed E-state index contributed by atoms with van der Waals surface area (Å²) in [4.78, 5) is 0. The Morgan fingerprint density at radius 1 is 1.36 bits per heavy atom. The molecule has 0 heterocycles. The largest absolute Gasteiger partial charge is 1.00 e. The van der Waals surface area contributed by atoms with E-state index in [4.69, 9.17) is 21.5 Å². The number of ether oxygens (including phenoxy) is 1. The first-order valence-corrected chi connectivity index (χ1v) is 6.38. The third-order valence-electron chi connectivity index (χ3n) is 0.433. The van der Waals surface area contributed by atoms with Crippen LogP contribution in [-0.2, 0) is 39.1 Å². The van der Waals surface area contributed by atoms with Gasteiger partial charge < -0.3 is 16.6 Å². The summed E-state index contributed by atoms with van der Waals surface area (Å²) < 4.78 is 4.69. The summed E-state index contributed by atoms with van der Waals surface area (Å²) in [5, 5.41) is 6.25. The number of halogens is 1. The third-order valence-corrected chi connectivity index (χ3v) is 0.433. The van der Waals surface area contributed by atoms with Gasteiger partial charge in [0.2, 0.25) is 0 Å². The molecule has 0 unspecified atom stereocenters. The molecule has 0 aliphatic heterocycles. The van der Waals surface area contributed by atoms with Gasteiger partial charge in [-0.05, 0) is 20.8 Å². The van der Waals surface area contributed by atoms with Gasteiger partial charge in [0.15, 0.2) is 0 Å². The van der Waals surface area contributed by atoms with Crippen molar-refractivity contribution in [2.24, 2.45) is 0 Å². The van der Waals surface area contributed by atoms with Gasteiger partial charge in [-0.15, -0.1) is 0 Å². The van der Waals surface area contributed by atoms with E-state index >= 15 is 0 Å². The fourth-order valence-electron chi connectivity index (χ4n) is 0. The molecule has 0 aromatic rings. The molecule has 0 spiro atoms. The van der Waals surface area contributed by atoms with E-state index in [0.717, 1.165) is 17.3 Å². The maximum absolute atomic E-state index is 6.25. The molecule has 5 heteroatoms. The molecule has 66 valence electrons. The van der Waals surface area contributed by atoms with Crippen molar-refractivity contribution in [1.29, 1.82) is 5.26 Å². The summed E-state index contributed by atoms with van der Waals surface area (Å²) in [6.07, 6.45) is 0. The Morgan fingerprint density at radius 2 is 1.45 bits per heavy atom. The number of rotatable bonds is 0. The molecule has 0 N–H and O–H groups in total. The molecule has 0 rings (SSSR count). The Balaban J connectivity index is -0.0000000428. The second-order valence-electron chi connectivity index (χ2n) is 2.26. The Morgan fingerprint density at radius 3 is 1.45 bits per heavy atom. The minimum atomic E-state index is -0.0694. The van der Waals surface area contributed by atoms with E-state index in [1.165, 1.54) is 0 Å². The van der Waals surface area contributed by atoms with E-state index in [9.17, 15) is 0 Å². The van der Waals surface area contributed by atoms with Gasteiger partial charge in [0.1, 0.15) is 0 Å². The summed E-state index contributed by atoms with van der Waals surface area (Å²) >= 11 is 0.847. The van der Waals surface area contributed by atoms with Gasteiger partial charge in [-0.2, -0.15) is 0 Å². The summed E-state index contributed by atoms with van der Waals surface area (Å²) in [5.74, 6) is 0. The second kappa shape index (κ2) is 17.1. The topological polar surface area (TPSA) is 33.0 Å². The van der Waals surface area contributed by atoms with Crippen LogP contribution < -0.4 is 0 Å². The normalized spacial score (nSPS) is 7.36. The van der Waals surface area contributed by atoms with Crippen molar-refractivity contribution in [1.82, 2.24) is 0 Å². The molecule has 0 aromatic heterocycles. The molecule has 0 aliphatic rings. The van der Waals surface area contributed by atoms with Crippen LogP contribution in [0.25, 0.3) is 0 Å². The van der Waals surface area contributed by atoms with Crippen molar-refractivity contribution in [2.75, 3.05) is 0 Å². The number of nitrogens with zero attached hydrogens (tertiary/aromatic N) is 1. The van der Waals surface area contributed by atoms with Crippen LogP contribution in [0.5, 0.6) is 0 Å². The Kier molecular flexibility index (Phi) is 35.2. The van der Waals surface area contributed by atoms with E-state index in [1.807, 2.05) is 20.8 Å². The summed E-state index contributed by atoms with van der Waals surface area (Å²) in [6, 6.07) is 0. The van der Waals surface area contributed by atoms with E-state index in [1.54, 1.807) is 0 Å². The van der Waals surface area contributed by atoms with Crippen LogP contribution in [0, 0.1) is 18.9 Å². The van der Waals surface area contributed by atoms with Gasteiger partial charge >= 0.3 is 44.1 Å². The number of hydrogen-bond acceptors (Lipinski definition) is 2. The van der Waals surface area contributed by atoms with Gasteiger partial charge in [0.25, 0.3) is 0 Å². The van der Waals surface area contributed by atoms with Gasteiger partial charge in [0, 0.05) is 5.60 Å². The van der Waals surface area contributed by atoms with Crippen molar-refractivity contribution in [3.63, 3.8) is 0 Å². The fraction of sp³-hybridized carbons (Fsp3) is 0.667. The molecular formula is C6H11ClCuNOZn. The van der Waals surface area contributed by atoms with Crippen LogP contribution in [0.1, 0.15) is 20.8 Å². The maximum atomic E-state index is 6.25. The van der Waals surface area contributed by atoms with Crippen LogP contribution >= 0.6 is 9.69 Å². The Hall–Kier alpha value is 0.883. The predicted octanol–water partition coefficient (Wildman–Crippen LogP) is 2.37. The van der Waals surface area contributed by atoms with Crippen LogP contribution in [-0.4, -0.2) is 5.60 Å². The predicted molar refractivity (Wildman–Crippen MR) is 37.0 cm³/mol. The van der Waals surface area contributed by atoms with E-state index in [-0.39, 0.29) is 22.7 Å². The second-order valence-corrected chi connectivity index (χ2v) is 2.26. The molecule has 2 nitrogen and oxygen atoms in total. The van der Waals surface area contributed by atoms with Crippen LogP contribution in [0.4, 0.5) is 0 Å². The average molecular weight is 278 g/mol. The first-order valence-electron chi connectivity index (χ1n) is 2.48. The van der Waals surface area contributed by atoms with Crippen molar-refractivity contribution in [2.45, 2.75) is 26.4 Å². The van der Waals surface area contributed by atoms with Gasteiger partial charge in [-0.25, -0.2) is 7.11 Å². The van der Waals surface area contributed by atoms with Gasteiger partial charge in [0.05, 0.1) is 0 Å². The number of hydrogen-bond donors (Lipinski definition) is 0. The Bertz CT molecular complexity index is 74.7. The Labute approximate surface area is 93.8 Å². The first kappa shape index (κ1) is 22.6. The van der Waals surface area contributed by atoms with Gasteiger partial charge in [-0.3, -0.25) is 0 Å². The third kappa shape index (κ3) is 57.0. The van der Waals surface area contributed by atoms with Crippen molar-refractivity contribution in [3.8, 4) is 0 Å². The van der Waals surface area contributed by atoms with E-state index < -0.39 is 0 Å². The van der Waals surface area contributed by atoms with E-state index in [0.29, 0.717) is 0 Å². The zero-order valence-corrected chi connectivity index (χ0v) is 11.6. The summed E-state index contributed by atoms with van der Waals surface area (Å²) in [7, 11) is 8.02. The minimum Gasteiger partial charge on any atom is 1.00 e. The molecule has 0 aromatic carbocycles. The molecule has 0 radical (unpaired) electrons. The van der Waals surface area contributed by atoms with Crippen LogP contribution in [0.2, 0.25) is 0 Å². The monoisotopic (exact) mass is 275 g/mol. The van der Waals surface area contributed by atoms with Gasteiger partial charge in [-0.1, -0.05) is 0 Å². The molecule has 0 saturated carbocycles. The zero-order chi connectivity index (χ0) is 9.21. The molecule has 0 atom stereocenters. The molecule has 0 amide bonds. The van der Waals surface area contributed by atoms with Crippen LogP contribution in [0.3, 0.4) is 0 Å². The molecule has 0 saturated heterocycles. The quantitative estimate of drug-likeness (QED) is 0.503. The van der Waals surface area contributed by atoms with Crippen LogP contribution in [0.15, 0.2) is 0 Å². The smallest absolute Gasteiger partial charge is 1.00 e. The zero-order valence-electron chi connectivity index (χ0n) is 6.95. The summed E-state index contributed by atoms with van der Waals surface area (Å²) in [5.41, 5.74) is -0.0694. The molecule has 0 aliphatic carbocycles. The average Bonchev–Trinajstić information content (AvgIpc) is 1.95. The minimum absolute atomic E-state index is 0. The molecular weight excluding hydrogens is 266 g/mol. The molecule has 0 bridgehead atoms. The fourth-order valence-corrected chi connectivity index (χ4v) is 0. The summed E-state index contributed by atoms with van der Waals surface area (Å²) in [6.45, 7) is 10.6. The maximum Gasteiger partial charge on any atom is 1.00 e. The standard InChI is InChI=1S/C5H11O.CN.ClH.Cu.Zn/c1-5(2,3)6-4;1-2;;;/h4H2,1-3H3;;1H;;/q2*-1;;+1;+2/p-1. The van der Waals surface area contributed by atoms with E-state index in [2.05, 4.69) is 11.8 Å². The van der Waals surface area contributed by atoms with Crippen molar-refractivity contribution >= 4 is 9.69 Å². The first-order chi connectivity index (χ1) is 4.56. The molecule has 0 fully saturated rings.